The van der Waals surface area contributed by atoms with Crippen LogP contribution in [0.2, 0.25) is 0 Å². The highest BCUT2D eigenvalue weighted by Crippen LogP contribution is 2.57. The molecule has 9 heteroatoms. The van der Waals surface area contributed by atoms with E-state index in [9.17, 15) is 14.0 Å². The minimum absolute atomic E-state index is 0.105. The van der Waals surface area contributed by atoms with Gasteiger partial charge in [-0.05, 0) is 98.3 Å². The Labute approximate surface area is 206 Å². The van der Waals surface area contributed by atoms with Crippen LogP contribution in [0.5, 0.6) is 0 Å². The Morgan fingerprint density at radius 1 is 0.735 bits per heavy atom. The van der Waals surface area contributed by atoms with E-state index in [1.165, 1.54) is 22.3 Å². The maximum Gasteiger partial charge on any atom is 0.481 e. The summed E-state index contributed by atoms with van der Waals surface area (Å²) in [5.74, 6) is 0.236. The van der Waals surface area contributed by atoms with Crippen LogP contribution in [0.25, 0.3) is 0 Å². The highest BCUT2D eigenvalue weighted by atomic mass is 31.3. The van der Waals surface area contributed by atoms with Crippen molar-refractivity contribution in [2.45, 2.75) is 99.3 Å². The van der Waals surface area contributed by atoms with E-state index in [-0.39, 0.29) is 12.5 Å². The summed E-state index contributed by atoms with van der Waals surface area (Å²) in [5.41, 5.74) is 5.62. The zero-order chi connectivity index (χ0) is 26.2. The van der Waals surface area contributed by atoms with Crippen LogP contribution in [0.15, 0.2) is 46.6 Å². The SMILES string of the molecule is CC(C)=CCC/C(C)=C/CC/C(C)=C/CC/C(C)=C\CC[C@@H](C)CCOP(=O)(O)OP(=O)(O)O. The van der Waals surface area contributed by atoms with Gasteiger partial charge in [-0.3, -0.25) is 4.52 Å². The van der Waals surface area contributed by atoms with Crippen molar-refractivity contribution in [2.75, 3.05) is 6.61 Å². The van der Waals surface area contributed by atoms with Crippen molar-refractivity contribution in [3.63, 3.8) is 0 Å². The van der Waals surface area contributed by atoms with E-state index in [1.54, 1.807) is 0 Å². The lowest BCUT2D eigenvalue weighted by molar-refractivity contribution is 0.170. The second kappa shape index (κ2) is 17.6. The molecule has 0 rings (SSSR count). The molecule has 0 amide bonds. The van der Waals surface area contributed by atoms with Gasteiger partial charge in [0, 0.05) is 0 Å². The Hall–Kier alpha value is -0.780. The van der Waals surface area contributed by atoms with Crippen molar-refractivity contribution in [2.24, 2.45) is 5.92 Å². The van der Waals surface area contributed by atoms with E-state index in [0.29, 0.717) is 6.42 Å². The quantitative estimate of drug-likeness (QED) is 0.123. The third-order valence-corrected chi connectivity index (χ3v) is 7.57. The highest BCUT2D eigenvalue weighted by Gasteiger charge is 2.32. The van der Waals surface area contributed by atoms with Gasteiger partial charge in [0.05, 0.1) is 6.61 Å². The first kappa shape index (κ1) is 33.2. The van der Waals surface area contributed by atoms with Gasteiger partial charge in [-0.2, -0.15) is 4.31 Å². The summed E-state index contributed by atoms with van der Waals surface area (Å²) >= 11 is 0. The predicted molar refractivity (Wildman–Crippen MR) is 140 cm³/mol. The van der Waals surface area contributed by atoms with Gasteiger partial charge >= 0.3 is 15.6 Å². The molecule has 0 aromatic carbocycles. The Balaban J connectivity index is 4.11. The molecular formula is C25H46O7P2. The minimum Gasteiger partial charge on any atom is -0.302 e. The van der Waals surface area contributed by atoms with Crippen molar-refractivity contribution in [3.05, 3.63) is 46.6 Å². The predicted octanol–water partition coefficient (Wildman–Crippen LogP) is 8.16. The maximum absolute atomic E-state index is 11.4. The lowest BCUT2D eigenvalue weighted by Crippen LogP contribution is -2.02. The molecule has 0 bridgehead atoms. The fourth-order valence-corrected chi connectivity index (χ4v) is 4.87. The number of phosphoric acid groups is 2. The Bertz CT molecular complexity index is 802. The summed E-state index contributed by atoms with van der Waals surface area (Å²) in [7, 11) is -9.81. The lowest BCUT2D eigenvalue weighted by Gasteiger charge is -2.14. The van der Waals surface area contributed by atoms with E-state index in [0.717, 1.165) is 51.4 Å². The molecule has 198 valence electrons. The van der Waals surface area contributed by atoms with E-state index >= 15 is 0 Å². The van der Waals surface area contributed by atoms with Crippen molar-refractivity contribution in [1.82, 2.24) is 0 Å². The molecule has 0 spiro atoms. The maximum atomic E-state index is 11.4. The molecule has 0 heterocycles. The largest absolute Gasteiger partial charge is 0.481 e. The van der Waals surface area contributed by atoms with Crippen LogP contribution in [-0.4, -0.2) is 21.3 Å². The summed E-state index contributed by atoms with van der Waals surface area (Å²) in [4.78, 5) is 26.4. The van der Waals surface area contributed by atoms with Crippen molar-refractivity contribution >= 4 is 15.6 Å². The second-order valence-electron chi connectivity index (χ2n) is 9.39. The molecule has 2 atom stereocenters. The van der Waals surface area contributed by atoms with Crippen molar-refractivity contribution in [3.8, 4) is 0 Å². The standard InChI is InChI=1S/C25H46O7P2/c1-21(2)11-7-12-22(3)13-8-14-23(4)15-9-16-24(5)17-10-18-25(6)19-20-31-34(29,30)32-33(26,27)28/h11,13,15,17,25H,7-10,12,14,16,18-20H2,1-6H3,(H,29,30)(H2,26,27,28)/b22-13+,23-15+,24-17-/t25-/m1/s1. The Kier molecular flexibility index (Phi) is 17.2. The van der Waals surface area contributed by atoms with Gasteiger partial charge < -0.3 is 14.7 Å². The van der Waals surface area contributed by atoms with Gasteiger partial charge in [0.25, 0.3) is 0 Å². The molecule has 0 aliphatic rings. The van der Waals surface area contributed by atoms with Crippen LogP contribution >= 0.6 is 15.6 Å². The molecule has 7 nitrogen and oxygen atoms in total. The zero-order valence-electron chi connectivity index (χ0n) is 21.8. The van der Waals surface area contributed by atoms with Crippen LogP contribution in [0.4, 0.5) is 0 Å². The normalized spacial score (nSPS) is 16.3. The van der Waals surface area contributed by atoms with Gasteiger partial charge in [0.1, 0.15) is 0 Å². The highest BCUT2D eigenvalue weighted by molar-refractivity contribution is 7.60. The second-order valence-corrected chi connectivity index (χ2v) is 12.2. The average molecular weight is 521 g/mol. The number of rotatable bonds is 18. The third kappa shape index (κ3) is 21.7. The Morgan fingerprint density at radius 3 is 1.62 bits per heavy atom. The molecule has 0 aliphatic carbocycles. The first-order chi connectivity index (χ1) is 15.7. The van der Waals surface area contributed by atoms with Crippen LogP contribution < -0.4 is 0 Å². The lowest BCUT2D eigenvalue weighted by atomic mass is 10.0. The fraction of sp³-hybridized carbons (Fsp3) is 0.680. The summed E-state index contributed by atoms with van der Waals surface area (Å²) in [6.45, 7) is 12.7. The number of allylic oxidation sites excluding steroid dienone is 8. The smallest absolute Gasteiger partial charge is 0.302 e. The average Bonchev–Trinajstić information content (AvgIpc) is 2.65. The minimum atomic E-state index is -5.07. The van der Waals surface area contributed by atoms with Crippen LogP contribution in [-0.2, 0) is 18.0 Å². The first-order valence-electron chi connectivity index (χ1n) is 12.0. The summed E-state index contributed by atoms with van der Waals surface area (Å²) in [6.07, 6.45) is 18.0. The summed E-state index contributed by atoms with van der Waals surface area (Å²) in [6, 6.07) is 0. The molecule has 0 saturated heterocycles. The first-order valence-corrected chi connectivity index (χ1v) is 15.1. The molecule has 0 radical (unpaired) electrons. The van der Waals surface area contributed by atoms with Gasteiger partial charge in [-0.15, -0.1) is 0 Å². The summed E-state index contributed by atoms with van der Waals surface area (Å²) in [5, 5.41) is 0. The van der Waals surface area contributed by atoms with E-state index in [4.69, 9.17) is 9.79 Å². The van der Waals surface area contributed by atoms with Crippen LogP contribution in [0.1, 0.15) is 99.3 Å². The van der Waals surface area contributed by atoms with Crippen molar-refractivity contribution in [1.29, 1.82) is 0 Å². The molecule has 3 N–H and O–H groups in total. The van der Waals surface area contributed by atoms with E-state index in [1.807, 2.05) is 6.92 Å². The van der Waals surface area contributed by atoms with Crippen LogP contribution in [0, 0.1) is 5.92 Å². The Morgan fingerprint density at radius 2 is 1.18 bits per heavy atom. The monoisotopic (exact) mass is 520 g/mol. The topological polar surface area (TPSA) is 113 Å². The van der Waals surface area contributed by atoms with E-state index < -0.39 is 15.6 Å². The number of hydrogen-bond acceptors (Lipinski definition) is 4. The number of phosphoric ester groups is 1. The van der Waals surface area contributed by atoms with Gasteiger partial charge in [0.2, 0.25) is 0 Å². The molecule has 0 fully saturated rings. The molecular weight excluding hydrogens is 474 g/mol. The molecule has 0 aromatic heterocycles. The van der Waals surface area contributed by atoms with Crippen LogP contribution in [0.3, 0.4) is 0 Å². The van der Waals surface area contributed by atoms with Gasteiger partial charge in [-0.1, -0.05) is 53.5 Å². The van der Waals surface area contributed by atoms with Crippen molar-refractivity contribution < 1.29 is 32.6 Å². The molecule has 34 heavy (non-hydrogen) atoms. The fourth-order valence-electron chi connectivity index (χ4n) is 3.27. The molecule has 1 unspecified atom stereocenters. The number of hydrogen-bond donors (Lipinski definition) is 3. The third-order valence-electron chi connectivity index (χ3n) is 5.38. The van der Waals surface area contributed by atoms with E-state index in [2.05, 4.69) is 67.8 Å². The van der Waals surface area contributed by atoms with Gasteiger partial charge in [0.15, 0.2) is 0 Å². The summed E-state index contributed by atoms with van der Waals surface area (Å²) < 4.78 is 30.4. The molecule has 0 aliphatic heterocycles. The zero-order valence-corrected chi connectivity index (χ0v) is 23.6. The molecule has 0 saturated carbocycles. The molecule has 0 aromatic rings. The van der Waals surface area contributed by atoms with Gasteiger partial charge in [-0.25, -0.2) is 9.13 Å².